The molecule has 1 aliphatic rings. The number of hydrogen-bond donors (Lipinski definition) is 1. The second-order valence-electron chi connectivity index (χ2n) is 6.09. The zero-order valence-corrected chi connectivity index (χ0v) is 13.9. The Kier molecular flexibility index (Phi) is 3.62. The van der Waals surface area contributed by atoms with Crippen molar-refractivity contribution < 1.29 is 0 Å². The van der Waals surface area contributed by atoms with Crippen molar-refractivity contribution in [2.45, 2.75) is 32.6 Å². The Morgan fingerprint density at radius 3 is 2.96 bits per heavy atom. The van der Waals surface area contributed by atoms with Crippen molar-refractivity contribution in [3.05, 3.63) is 62.0 Å². The SMILES string of the molecule is Cc1cccc(C=Cc2nc3sc4c(c3c(=O)[nH]2)CCCC4)c1. The molecule has 0 saturated heterocycles. The minimum absolute atomic E-state index is 0.00158. The van der Waals surface area contributed by atoms with Crippen LogP contribution in [-0.2, 0) is 12.8 Å². The van der Waals surface area contributed by atoms with E-state index in [-0.39, 0.29) is 5.56 Å². The van der Waals surface area contributed by atoms with E-state index in [1.54, 1.807) is 11.3 Å². The Labute approximate surface area is 138 Å². The average Bonchev–Trinajstić information content (AvgIpc) is 2.92. The summed E-state index contributed by atoms with van der Waals surface area (Å²) in [5.74, 6) is 0.627. The van der Waals surface area contributed by atoms with Crippen molar-refractivity contribution in [3.63, 3.8) is 0 Å². The Morgan fingerprint density at radius 2 is 2.09 bits per heavy atom. The monoisotopic (exact) mass is 322 g/mol. The Bertz CT molecular complexity index is 965. The minimum atomic E-state index is -0.00158. The summed E-state index contributed by atoms with van der Waals surface area (Å²) in [7, 11) is 0. The maximum Gasteiger partial charge on any atom is 0.260 e. The largest absolute Gasteiger partial charge is 0.306 e. The van der Waals surface area contributed by atoms with Crippen LogP contribution in [0.1, 0.15) is 40.2 Å². The molecule has 0 bridgehead atoms. The zero-order valence-electron chi connectivity index (χ0n) is 13.1. The summed E-state index contributed by atoms with van der Waals surface area (Å²) in [4.78, 5) is 22.3. The summed E-state index contributed by atoms with van der Waals surface area (Å²) in [6.07, 6.45) is 8.37. The first-order valence-corrected chi connectivity index (χ1v) is 8.82. The van der Waals surface area contributed by atoms with Gasteiger partial charge in [-0.1, -0.05) is 35.9 Å². The average molecular weight is 322 g/mol. The maximum absolute atomic E-state index is 12.5. The molecule has 2 heterocycles. The molecule has 1 aliphatic carbocycles. The van der Waals surface area contributed by atoms with Gasteiger partial charge in [0.05, 0.1) is 5.39 Å². The molecular weight excluding hydrogens is 304 g/mol. The molecule has 3 aromatic rings. The highest BCUT2D eigenvalue weighted by molar-refractivity contribution is 7.18. The zero-order chi connectivity index (χ0) is 15.8. The molecule has 0 atom stereocenters. The first kappa shape index (κ1) is 14.4. The highest BCUT2D eigenvalue weighted by Crippen LogP contribution is 2.33. The number of fused-ring (bicyclic) bond motifs is 3. The number of nitrogens with zero attached hydrogens (tertiary/aromatic N) is 1. The smallest absolute Gasteiger partial charge is 0.260 e. The van der Waals surface area contributed by atoms with Gasteiger partial charge in [0.2, 0.25) is 0 Å². The number of H-pyrrole nitrogens is 1. The molecule has 0 aliphatic heterocycles. The lowest BCUT2D eigenvalue weighted by Gasteiger charge is -2.09. The number of aromatic amines is 1. The van der Waals surface area contributed by atoms with Crippen molar-refractivity contribution in [1.29, 1.82) is 0 Å². The van der Waals surface area contributed by atoms with Crippen LogP contribution in [0.3, 0.4) is 0 Å². The first-order valence-electron chi connectivity index (χ1n) is 8.00. The maximum atomic E-state index is 12.5. The van der Waals surface area contributed by atoms with Crippen LogP contribution in [0.4, 0.5) is 0 Å². The van der Waals surface area contributed by atoms with Gasteiger partial charge in [0.1, 0.15) is 10.7 Å². The topological polar surface area (TPSA) is 45.8 Å². The van der Waals surface area contributed by atoms with Gasteiger partial charge in [0.15, 0.2) is 0 Å². The lowest BCUT2D eigenvalue weighted by Crippen LogP contribution is -2.11. The molecule has 0 saturated carbocycles. The van der Waals surface area contributed by atoms with E-state index in [1.165, 1.54) is 28.8 Å². The van der Waals surface area contributed by atoms with Crippen LogP contribution in [0.15, 0.2) is 29.1 Å². The third-order valence-electron chi connectivity index (χ3n) is 4.32. The highest BCUT2D eigenvalue weighted by atomic mass is 32.1. The van der Waals surface area contributed by atoms with Crippen molar-refractivity contribution in [1.82, 2.24) is 9.97 Å². The molecule has 1 aromatic carbocycles. The van der Waals surface area contributed by atoms with Crippen molar-refractivity contribution in [2.24, 2.45) is 0 Å². The molecule has 0 radical (unpaired) electrons. The molecule has 3 nitrogen and oxygen atoms in total. The quantitative estimate of drug-likeness (QED) is 0.763. The van der Waals surface area contributed by atoms with Crippen molar-refractivity contribution >= 4 is 33.7 Å². The third kappa shape index (κ3) is 2.75. The Hall–Kier alpha value is -2.20. The summed E-state index contributed by atoms with van der Waals surface area (Å²) in [6, 6.07) is 8.25. The van der Waals surface area contributed by atoms with E-state index in [2.05, 4.69) is 29.0 Å². The van der Waals surface area contributed by atoms with Gasteiger partial charge in [-0.05, 0) is 49.8 Å². The Morgan fingerprint density at radius 1 is 1.22 bits per heavy atom. The normalized spacial score (nSPS) is 14.5. The molecule has 116 valence electrons. The summed E-state index contributed by atoms with van der Waals surface area (Å²) in [5, 5.41) is 0.817. The lowest BCUT2D eigenvalue weighted by atomic mass is 9.97. The molecule has 0 unspecified atom stereocenters. The van der Waals surface area contributed by atoms with E-state index in [4.69, 9.17) is 0 Å². The number of rotatable bonds is 2. The van der Waals surface area contributed by atoms with Gasteiger partial charge in [-0.15, -0.1) is 11.3 Å². The van der Waals surface area contributed by atoms with Crippen molar-refractivity contribution in [2.75, 3.05) is 0 Å². The summed E-state index contributed by atoms with van der Waals surface area (Å²) >= 11 is 1.69. The van der Waals surface area contributed by atoms with E-state index < -0.39 is 0 Å². The predicted molar refractivity (Wildman–Crippen MR) is 97.0 cm³/mol. The number of benzene rings is 1. The van der Waals surface area contributed by atoms with Crippen LogP contribution < -0.4 is 5.56 Å². The fourth-order valence-electron chi connectivity index (χ4n) is 3.21. The molecule has 0 amide bonds. The number of aromatic nitrogens is 2. The minimum Gasteiger partial charge on any atom is -0.306 e. The van der Waals surface area contributed by atoms with Crippen LogP contribution in [-0.4, -0.2) is 9.97 Å². The van der Waals surface area contributed by atoms with Gasteiger partial charge in [-0.25, -0.2) is 4.98 Å². The number of nitrogens with one attached hydrogen (secondary N) is 1. The molecule has 0 fully saturated rings. The standard InChI is InChI=1S/C19H18N2OS/c1-12-5-4-6-13(11-12)9-10-16-20-18(22)17-14-7-2-3-8-15(14)23-19(17)21-16/h4-6,9-11H,2-3,7-8H2,1H3,(H,20,21,22). The summed E-state index contributed by atoms with van der Waals surface area (Å²) in [5.41, 5.74) is 3.56. The Balaban J connectivity index is 1.75. The number of aryl methyl sites for hydroxylation is 3. The van der Waals surface area contributed by atoms with Gasteiger partial charge in [0.25, 0.3) is 5.56 Å². The third-order valence-corrected chi connectivity index (χ3v) is 5.50. The van der Waals surface area contributed by atoms with Gasteiger partial charge in [-0.3, -0.25) is 4.79 Å². The lowest BCUT2D eigenvalue weighted by molar-refractivity contribution is 0.700. The van der Waals surface area contributed by atoms with Crippen LogP contribution >= 0.6 is 11.3 Å². The highest BCUT2D eigenvalue weighted by Gasteiger charge is 2.19. The van der Waals surface area contributed by atoms with E-state index in [0.29, 0.717) is 5.82 Å². The van der Waals surface area contributed by atoms with Gasteiger partial charge in [0, 0.05) is 4.88 Å². The van der Waals surface area contributed by atoms with E-state index in [0.717, 1.165) is 28.6 Å². The van der Waals surface area contributed by atoms with E-state index in [9.17, 15) is 4.79 Å². The molecule has 1 N–H and O–H groups in total. The van der Waals surface area contributed by atoms with Gasteiger partial charge >= 0.3 is 0 Å². The van der Waals surface area contributed by atoms with Crippen molar-refractivity contribution in [3.8, 4) is 0 Å². The molecule has 4 rings (SSSR count). The fraction of sp³-hybridized carbons (Fsp3) is 0.263. The number of hydrogen-bond acceptors (Lipinski definition) is 3. The fourth-order valence-corrected chi connectivity index (χ4v) is 4.48. The molecule has 2 aromatic heterocycles. The van der Waals surface area contributed by atoms with Crippen LogP contribution in [0.5, 0.6) is 0 Å². The molecular formula is C19H18N2OS. The second kappa shape index (κ2) is 5.78. The number of thiophene rings is 1. The summed E-state index contributed by atoms with van der Waals surface area (Å²) in [6.45, 7) is 2.07. The van der Waals surface area contributed by atoms with E-state index in [1.807, 2.05) is 24.3 Å². The van der Waals surface area contributed by atoms with Crippen LogP contribution in [0.25, 0.3) is 22.4 Å². The molecule has 0 spiro atoms. The van der Waals surface area contributed by atoms with E-state index >= 15 is 0 Å². The molecule has 4 heteroatoms. The van der Waals surface area contributed by atoms with Gasteiger partial charge < -0.3 is 4.98 Å². The first-order chi connectivity index (χ1) is 11.2. The predicted octanol–water partition coefficient (Wildman–Crippen LogP) is 4.34. The van der Waals surface area contributed by atoms with Crippen LogP contribution in [0.2, 0.25) is 0 Å². The van der Waals surface area contributed by atoms with Crippen LogP contribution in [0, 0.1) is 6.92 Å². The van der Waals surface area contributed by atoms with Gasteiger partial charge in [-0.2, -0.15) is 0 Å². The molecule has 23 heavy (non-hydrogen) atoms. The summed E-state index contributed by atoms with van der Waals surface area (Å²) < 4.78 is 0. The second-order valence-corrected chi connectivity index (χ2v) is 7.17.